The third-order valence-electron chi connectivity index (χ3n) is 7.65. The van der Waals surface area contributed by atoms with E-state index in [1.54, 1.807) is 30.3 Å². The number of rotatable bonds is 12. The number of carbonyl (C=O) groups excluding carboxylic acids is 4. The molecule has 1 aliphatic heterocycles. The van der Waals surface area contributed by atoms with Crippen molar-refractivity contribution >= 4 is 29.2 Å². The van der Waals surface area contributed by atoms with Gasteiger partial charge in [-0.2, -0.15) is 13.2 Å². The average Bonchev–Trinajstić information content (AvgIpc) is 3.03. The molecule has 0 bridgehead atoms. The van der Waals surface area contributed by atoms with Gasteiger partial charge in [0.1, 0.15) is 17.9 Å². The lowest BCUT2D eigenvalue weighted by molar-refractivity contribution is -0.142. The van der Waals surface area contributed by atoms with Crippen LogP contribution in [0.3, 0.4) is 0 Å². The maximum atomic E-state index is 13.8. The molecule has 3 aromatic carbocycles. The second-order valence-electron chi connectivity index (χ2n) is 10.8. The molecule has 4 N–H and O–H groups in total. The molecule has 2 atom stereocenters. The third-order valence-corrected chi connectivity index (χ3v) is 7.65. The van der Waals surface area contributed by atoms with Crippen molar-refractivity contribution in [1.82, 2.24) is 10.2 Å². The Morgan fingerprint density at radius 3 is 2.29 bits per heavy atom. The van der Waals surface area contributed by atoms with Gasteiger partial charge in [-0.25, -0.2) is 4.39 Å². The quantitative estimate of drug-likeness (QED) is 0.148. The summed E-state index contributed by atoms with van der Waals surface area (Å²) in [5.41, 5.74) is 5.92. The second kappa shape index (κ2) is 14.9. The lowest BCUT2D eigenvalue weighted by atomic mass is 9.92. The summed E-state index contributed by atoms with van der Waals surface area (Å²) in [4.78, 5) is 54.5. The maximum absolute atomic E-state index is 13.8. The summed E-state index contributed by atoms with van der Waals surface area (Å²) in [6.07, 6.45) is -3.95. The van der Waals surface area contributed by atoms with Gasteiger partial charge in [0.2, 0.25) is 17.7 Å². The number of hydrogen-bond donors (Lipinski definition) is 3. The summed E-state index contributed by atoms with van der Waals surface area (Å²) in [7, 11) is 0. The molecule has 0 spiro atoms. The molecule has 0 unspecified atom stereocenters. The van der Waals surface area contributed by atoms with Gasteiger partial charge in [-0.15, -0.1) is 0 Å². The number of benzene rings is 3. The van der Waals surface area contributed by atoms with Crippen LogP contribution in [0.1, 0.15) is 59.2 Å². The zero-order valence-corrected chi connectivity index (χ0v) is 24.4. The number of nitrogens with one attached hydrogen (secondary N) is 2. The average molecular weight is 627 g/mol. The van der Waals surface area contributed by atoms with Crippen LogP contribution in [0, 0.1) is 5.82 Å². The molecule has 0 aliphatic carbocycles. The van der Waals surface area contributed by atoms with E-state index in [-0.39, 0.29) is 43.7 Å². The Kier molecular flexibility index (Phi) is 11.1. The summed E-state index contributed by atoms with van der Waals surface area (Å²) in [5.74, 6) is -3.54. The number of ketones is 1. The smallest absolute Gasteiger partial charge is 0.342 e. The van der Waals surface area contributed by atoms with Gasteiger partial charge in [0.05, 0.1) is 5.56 Å². The maximum Gasteiger partial charge on any atom is 0.419 e. The van der Waals surface area contributed by atoms with Crippen LogP contribution in [0.5, 0.6) is 0 Å². The van der Waals surface area contributed by atoms with E-state index in [0.717, 1.165) is 17.2 Å². The standard InChI is InChI=1S/C33H34F4N4O4/c34-26-14-13-24(19-25(26)33(35,36)37)39-31(44)27(12-6-7-17-38)40-32(45)28-18-22-10-4-5-11-23(22)20-41(28)30(43)16-15-29(42)21-8-2-1-3-9-21/h1-5,8-11,13-14,19,27-28H,6-7,12,15-18,20,38H2,(H,39,44)(H,40,45)/t27-,28-/m0/s1. The van der Waals surface area contributed by atoms with Crippen LogP contribution in [-0.2, 0) is 33.5 Å². The van der Waals surface area contributed by atoms with Crippen LogP contribution >= 0.6 is 0 Å². The molecule has 0 fully saturated rings. The molecular formula is C33H34F4N4O4. The van der Waals surface area contributed by atoms with Gasteiger partial charge in [0.15, 0.2) is 5.78 Å². The van der Waals surface area contributed by atoms with E-state index in [2.05, 4.69) is 10.6 Å². The minimum atomic E-state index is -4.97. The van der Waals surface area contributed by atoms with Crippen molar-refractivity contribution in [2.75, 3.05) is 11.9 Å². The topological polar surface area (TPSA) is 122 Å². The molecule has 0 radical (unpaired) electrons. The van der Waals surface area contributed by atoms with Crippen LogP contribution in [0.4, 0.5) is 23.2 Å². The summed E-state index contributed by atoms with van der Waals surface area (Å²) < 4.78 is 53.5. The summed E-state index contributed by atoms with van der Waals surface area (Å²) in [6.45, 7) is 0.436. The molecule has 238 valence electrons. The number of hydrogen-bond acceptors (Lipinski definition) is 5. The zero-order valence-electron chi connectivity index (χ0n) is 24.4. The van der Waals surface area contributed by atoms with Gasteiger partial charge in [-0.3, -0.25) is 19.2 Å². The summed E-state index contributed by atoms with van der Waals surface area (Å²) >= 11 is 0. The fraction of sp³-hybridized carbons (Fsp3) is 0.333. The van der Waals surface area contributed by atoms with Gasteiger partial charge >= 0.3 is 6.18 Å². The Hall–Kier alpha value is -4.58. The van der Waals surface area contributed by atoms with Crippen LogP contribution in [0.15, 0.2) is 72.8 Å². The number of alkyl halides is 3. The monoisotopic (exact) mass is 626 g/mol. The number of anilines is 1. The fourth-order valence-electron chi connectivity index (χ4n) is 5.23. The molecule has 0 saturated carbocycles. The Balaban J connectivity index is 1.52. The van der Waals surface area contributed by atoms with E-state index >= 15 is 0 Å². The Morgan fingerprint density at radius 1 is 0.911 bits per heavy atom. The minimum absolute atomic E-state index is 0.0585. The number of carbonyl (C=O) groups is 4. The molecular weight excluding hydrogens is 592 g/mol. The van der Waals surface area contributed by atoms with E-state index < -0.39 is 47.4 Å². The third kappa shape index (κ3) is 8.75. The van der Waals surface area contributed by atoms with Crippen molar-refractivity contribution < 1.29 is 36.7 Å². The van der Waals surface area contributed by atoms with Crippen LogP contribution < -0.4 is 16.4 Å². The molecule has 0 aromatic heterocycles. The van der Waals surface area contributed by atoms with Gasteiger partial charge < -0.3 is 21.3 Å². The highest BCUT2D eigenvalue weighted by Gasteiger charge is 2.37. The van der Waals surface area contributed by atoms with Gasteiger partial charge in [-0.1, -0.05) is 54.6 Å². The van der Waals surface area contributed by atoms with E-state index in [4.69, 9.17) is 5.73 Å². The largest absolute Gasteiger partial charge is 0.419 e. The van der Waals surface area contributed by atoms with Crippen LogP contribution in [-0.4, -0.2) is 47.0 Å². The number of unbranched alkanes of at least 4 members (excludes halogenated alkanes) is 1. The molecule has 1 heterocycles. The first kappa shape index (κ1) is 33.3. The van der Waals surface area contributed by atoms with Gasteiger partial charge in [0.25, 0.3) is 0 Å². The van der Waals surface area contributed by atoms with E-state index in [9.17, 15) is 36.7 Å². The van der Waals surface area contributed by atoms with Crippen molar-refractivity contribution in [3.8, 4) is 0 Å². The minimum Gasteiger partial charge on any atom is -0.342 e. The van der Waals surface area contributed by atoms with Gasteiger partial charge in [0, 0.05) is 37.1 Å². The predicted octanol–water partition coefficient (Wildman–Crippen LogP) is 5.01. The number of halogens is 4. The first-order chi connectivity index (χ1) is 21.5. The van der Waals surface area contributed by atoms with Crippen molar-refractivity contribution in [2.24, 2.45) is 5.73 Å². The highest BCUT2D eigenvalue weighted by atomic mass is 19.4. The number of amides is 3. The van der Waals surface area contributed by atoms with E-state index in [1.165, 1.54) is 4.90 Å². The van der Waals surface area contributed by atoms with Crippen molar-refractivity contribution in [3.05, 3.63) is 101 Å². The van der Waals surface area contributed by atoms with Crippen molar-refractivity contribution in [3.63, 3.8) is 0 Å². The number of nitrogens with zero attached hydrogens (tertiary/aromatic N) is 1. The van der Waals surface area contributed by atoms with Crippen LogP contribution in [0.2, 0.25) is 0 Å². The van der Waals surface area contributed by atoms with Gasteiger partial charge in [-0.05, 0) is 55.1 Å². The van der Waals surface area contributed by atoms with Crippen molar-refractivity contribution in [2.45, 2.75) is 63.3 Å². The Morgan fingerprint density at radius 2 is 1.60 bits per heavy atom. The molecule has 0 saturated heterocycles. The normalized spacial score (nSPS) is 15.1. The zero-order chi connectivity index (χ0) is 32.6. The highest BCUT2D eigenvalue weighted by molar-refractivity contribution is 6.00. The predicted molar refractivity (Wildman–Crippen MR) is 159 cm³/mol. The number of Topliss-reactive ketones (excluding diaryl/α,β-unsaturated/α-hetero) is 1. The SMILES string of the molecule is NCCCC[C@H](NC(=O)[C@@H]1Cc2ccccc2CN1C(=O)CCC(=O)c1ccccc1)C(=O)Nc1ccc(F)c(C(F)(F)F)c1. The van der Waals surface area contributed by atoms with E-state index in [0.29, 0.717) is 37.1 Å². The molecule has 4 rings (SSSR count). The Bertz CT molecular complexity index is 1530. The summed E-state index contributed by atoms with van der Waals surface area (Å²) in [6, 6.07) is 15.8. The van der Waals surface area contributed by atoms with Crippen molar-refractivity contribution in [1.29, 1.82) is 0 Å². The first-order valence-electron chi connectivity index (χ1n) is 14.6. The summed E-state index contributed by atoms with van der Waals surface area (Å²) in [5, 5.41) is 5.02. The molecule has 1 aliphatic rings. The van der Waals surface area contributed by atoms with Crippen LogP contribution in [0.25, 0.3) is 0 Å². The lowest BCUT2D eigenvalue weighted by Gasteiger charge is -2.37. The fourth-order valence-corrected chi connectivity index (χ4v) is 5.23. The molecule has 12 heteroatoms. The Labute approximate surface area is 258 Å². The number of fused-ring (bicyclic) bond motifs is 1. The first-order valence-corrected chi connectivity index (χ1v) is 14.6. The molecule has 8 nitrogen and oxygen atoms in total. The second-order valence-corrected chi connectivity index (χ2v) is 10.8. The molecule has 45 heavy (non-hydrogen) atoms. The number of nitrogens with two attached hydrogens (primary N) is 1. The lowest BCUT2D eigenvalue weighted by Crippen LogP contribution is -2.56. The molecule has 3 aromatic rings. The molecule has 3 amide bonds. The highest BCUT2D eigenvalue weighted by Crippen LogP contribution is 2.33. The van der Waals surface area contributed by atoms with E-state index in [1.807, 2.05) is 24.3 Å².